The van der Waals surface area contributed by atoms with Crippen molar-refractivity contribution in [3.05, 3.63) is 52.2 Å². The van der Waals surface area contributed by atoms with Gasteiger partial charge in [0.25, 0.3) is 5.91 Å². The van der Waals surface area contributed by atoms with Gasteiger partial charge in [-0.1, -0.05) is 18.2 Å². The van der Waals surface area contributed by atoms with Crippen molar-refractivity contribution in [2.45, 2.75) is 6.92 Å². The van der Waals surface area contributed by atoms with Gasteiger partial charge in [0.05, 0.1) is 10.6 Å². The first-order chi connectivity index (χ1) is 10.7. The predicted octanol–water partition coefficient (Wildman–Crippen LogP) is 3.30. The third-order valence-electron chi connectivity index (χ3n) is 2.99. The molecule has 0 saturated heterocycles. The van der Waals surface area contributed by atoms with E-state index in [1.165, 1.54) is 11.3 Å². The van der Waals surface area contributed by atoms with Gasteiger partial charge >= 0.3 is 0 Å². The van der Waals surface area contributed by atoms with Crippen LogP contribution in [0.2, 0.25) is 0 Å². The molecule has 1 aromatic carbocycles. The van der Waals surface area contributed by atoms with Gasteiger partial charge in [-0.05, 0) is 42.1 Å². The molecule has 0 saturated carbocycles. The number of carbonyl (C=O) groups is 1. The van der Waals surface area contributed by atoms with Crippen molar-refractivity contribution in [3.8, 4) is 11.5 Å². The lowest BCUT2D eigenvalue weighted by molar-refractivity contribution is 0.0959. The Labute approximate surface area is 131 Å². The highest BCUT2D eigenvalue weighted by molar-refractivity contribution is 7.12. The minimum atomic E-state index is -0.203. The van der Waals surface area contributed by atoms with E-state index >= 15 is 0 Å². The fourth-order valence-corrected chi connectivity index (χ4v) is 2.49. The van der Waals surface area contributed by atoms with E-state index < -0.39 is 0 Å². The monoisotopic (exact) mass is 314 g/mol. The Morgan fingerprint density at radius 1 is 1.32 bits per heavy atom. The zero-order valence-electron chi connectivity index (χ0n) is 11.9. The number of nitrogens with zero attached hydrogens (tertiary/aromatic N) is 1. The van der Waals surface area contributed by atoms with E-state index in [0.29, 0.717) is 10.6 Å². The van der Waals surface area contributed by atoms with E-state index in [-0.39, 0.29) is 12.7 Å². The van der Waals surface area contributed by atoms with Crippen LogP contribution < -0.4 is 14.9 Å². The van der Waals surface area contributed by atoms with Gasteiger partial charge in [-0.25, -0.2) is 5.43 Å². The summed E-state index contributed by atoms with van der Waals surface area (Å²) >= 11 is 1.38. The molecule has 0 bridgehead atoms. The quantitative estimate of drug-likeness (QED) is 0.696. The molecule has 1 aromatic heterocycles. The maximum absolute atomic E-state index is 11.8. The molecule has 1 aliphatic heterocycles. The van der Waals surface area contributed by atoms with Crippen molar-refractivity contribution < 1.29 is 14.3 Å². The lowest BCUT2D eigenvalue weighted by Crippen LogP contribution is -2.17. The molecule has 0 radical (unpaired) electrons. The van der Waals surface area contributed by atoms with Gasteiger partial charge in [0.1, 0.15) is 0 Å². The van der Waals surface area contributed by atoms with Crippen LogP contribution in [0.3, 0.4) is 0 Å². The van der Waals surface area contributed by atoms with Crippen LogP contribution in [0.15, 0.2) is 46.9 Å². The largest absolute Gasteiger partial charge is 0.454 e. The average molecular weight is 314 g/mol. The van der Waals surface area contributed by atoms with Crippen LogP contribution in [0.4, 0.5) is 0 Å². The number of thiophene rings is 1. The normalized spacial score (nSPS) is 13.6. The number of nitrogens with one attached hydrogen (secondary N) is 1. The fourth-order valence-electron chi connectivity index (χ4n) is 1.87. The van der Waals surface area contributed by atoms with Crippen molar-refractivity contribution in [1.29, 1.82) is 0 Å². The van der Waals surface area contributed by atoms with Crippen LogP contribution in [0, 0.1) is 0 Å². The second-order valence-electron chi connectivity index (χ2n) is 4.62. The van der Waals surface area contributed by atoms with Crippen molar-refractivity contribution in [2.24, 2.45) is 5.10 Å². The maximum atomic E-state index is 11.8. The highest BCUT2D eigenvalue weighted by atomic mass is 32.1. The van der Waals surface area contributed by atoms with Crippen molar-refractivity contribution in [2.75, 3.05) is 6.79 Å². The van der Waals surface area contributed by atoms with E-state index in [1.54, 1.807) is 6.07 Å². The SMILES string of the molecule is CC(/C=C\c1ccc2c(c1)OCO2)=NNC(=O)c1cccs1. The molecule has 5 nitrogen and oxygen atoms in total. The number of hydrogen-bond acceptors (Lipinski definition) is 5. The average Bonchev–Trinajstić information content (AvgIpc) is 3.20. The molecule has 0 spiro atoms. The number of rotatable bonds is 4. The summed E-state index contributed by atoms with van der Waals surface area (Å²) in [5, 5.41) is 5.90. The van der Waals surface area contributed by atoms with Crippen molar-refractivity contribution in [3.63, 3.8) is 0 Å². The number of benzene rings is 1. The van der Waals surface area contributed by atoms with Crippen LogP contribution in [0.25, 0.3) is 6.08 Å². The summed E-state index contributed by atoms with van der Waals surface area (Å²) in [6.45, 7) is 2.08. The molecule has 3 rings (SSSR count). The molecule has 0 aliphatic carbocycles. The van der Waals surface area contributed by atoms with Crippen molar-refractivity contribution >= 4 is 29.0 Å². The first-order valence-electron chi connectivity index (χ1n) is 6.68. The topological polar surface area (TPSA) is 59.9 Å². The first-order valence-corrected chi connectivity index (χ1v) is 7.56. The van der Waals surface area contributed by atoms with Crippen molar-refractivity contribution in [1.82, 2.24) is 5.43 Å². The second kappa shape index (κ2) is 6.44. The van der Waals surface area contributed by atoms with Gasteiger partial charge < -0.3 is 9.47 Å². The Hall–Kier alpha value is -2.60. The molecule has 0 fully saturated rings. The Kier molecular flexibility index (Phi) is 4.20. The number of fused-ring (bicyclic) bond motifs is 1. The summed E-state index contributed by atoms with van der Waals surface area (Å²) < 4.78 is 10.6. The molecule has 1 N–H and O–H groups in total. The van der Waals surface area contributed by atoms with Crippen LogP contribution in [-0.4, -0.2) is 18.4 Å². The zero-order valence-corrected chi connectivity index (χ0v) is 12.7. The zero-order chi connectivity index (χ0) is 15.4. The molecule has 0 atom stereocenters. The molecule has 2 aromatic rings. The molecule has 0 unspecified atom stereocenters. The molecule has 2 heterocycles. The van der Waals surface area contributed by atoms with Gasteiger partial charge in [-0.3, -0.25) is 4.79 Å². The van der Waals surface area contributed by atoms with E-state index in [1.807, 2.05) is 48.7 Å². The van der Waals surface area contributed by atoms with Gasteiger partial charge in [-0.2, -0.15) is 5.10 Å². The summed E-state index contributed by atoms with van der Waals surface area (Å²) in [6, 6.07) is 9.29. The Morgan fingerprint density at radius 3 is 3.00 bits per heavy atom. The van der Waals surface area contributed by atoms with E-state index in [0.717, 1.165) is 17.1 Å². The minimum absolute atomic E-state index is 0.203. The second-order valence-corrected chi connectivity index (χ2v) is 5.57. The van der Waals surface area contributed by atoms with Crippen LogP contribution >= 0.6 is 11.3 Å². The van der Waals surface area contributed by atoms with Gasteiger partial charge in [0.2, 0.25) is 6.79 Å². The summed E-state index contributed by atoms with van der Waals surface area (Å²) in [5.41, 5.74) is 4.20. The van der Waals surface area contributed by atoms with Gasteiger partial charge in [0, 0.05) is 0 Å². The molecule has 1 amide bonds. The molecular formula is C16H14N2O3S. The molecule has 6 heteroatoms. The highest BCUT2D eigenvalue weighted by Gasteiger charge is 2.12. The van der Waals surface area contributed by atoms with E-state index in [2.05, 4.69) is 10.5 Å². The van der Waals surface area contributed by atoms with E-state index in [4.69, 9.17) is 9.47 Å². The van der Waals surface area contributed by atoms with Crippen LogP contribution in [-0.2, 0) is 0 Å². The Morgan fingerprint density at radius 2 is 2.18 bits per heavy atom. The Balaban J connectivity index is 1.62. The predicted molar refractivity (Wildman–Crippen MR) is 86.5 cm³/mol. The van der Waals surface area contributed by atoms with E-state index in [9.17, 15) is 4.79 Å². The smallest absolute Gasteiger partial charge is 0.281 e. The molecule has 112 valence electrons. The summed E-state index contributed by atoms with van der Waals surface area (Å²) in [6.07, 6.45) is 3.73. The number of amides is 1. The first kappa shape index (κ1) is 14.3. The standard InChI is InChI=1S/C16H14N2O3S/c1-11(17-18-16(19)15-3-2-8-22-15)4-5-12-6-7-13-14(9-12)21-10-20-13/h2-9H,10H2,1H3,(H,18,19)/b5-4-,17-11?. The summed E-state index contributed by atoms with van der Waals surface area (Å²) in [7, 11) is 0. The van der Waals surface area contributed by atoms with Gasteiger partial charge in [0.15, 0.2) is 11.5 Å². The number of hydrogen-bond donors (Lipinski definition) is 1. The van der Waals surface area contributed by atoms with Crippen LogP contribution in [0.5, 0.6) is 11.5 Å². The maximum Gasteiger partial charge on any atom is 0.281 e. The number of hydrazone groups is 1. The molecular weight excluding hydrogens is 300 g/mol. The number of ether oxygens (including phenoxy) is 2. The number of allylic oxidation sites excluding steroid dienone is 1. The third kappa shape index (κ3) is 3.35. The fraction of sp³-hybridized carbons (Fsp3) is 0.125. The third-order valence-corrected chi connectivity index (χ3v) is 3.86. The Bertz CT molecular complexity index is 736. The van der Waals surface area contributed by atoms with Gasteiger partial charge in [-0.15, -0.1) is 11.3 Å². The van der Waals surface area contributed by atoms with Crippen LogP contribution in [0.1, 0.15) is 22.2 Å². The highest BCUT2D eigenvalue weighted by Crippen LogP contribution is 2.32. The molecule has 22 heavy (non-hydrogen) atoms. The molecule has 1 aliphatic rings. The summed E-state index contributed by atoms with van der Waals surface area (Å²) in [5.74, 6) is 1.29. The lowest BCUT2D eigenvalue weighted by Gasteiger charge is -1.99. The lowest BCUT2D eigenvalue weighted by atomic mass is 10.2. The number of carbonyl (C=O) groups excluding carboxylic acids is 1. The minimum Gasteiger partial charge on any atom is -0.454 e. The summed E-state index contributed by atoms with van der Waals surface area (Å²) in [4.78, 5) is 12.4.